The van der Waals surface area contributed by atoms with Gasteiger partial charge >= 0.3 is 0 Å². The van der Waals surface area contributed by atoms with Crippen molar-refractivity contribution >= 4 is 0 Å². The van der Waals surface area contributed by atoms with E-state index in [1.54, 1.807) is 0 Å². The minimum atomic E-state index is 0.703. The molecule has 0 unspecified atom stereocenters. The number of unbranched alkanes of at least 4 members (excludes halogenated alkanes) is 2. The molecule has 0 saturated carbocycles. The predicted molar refractivity (Wildman–Crippen MR) is 81.1 cm³/mol. The Hall–Kier alpha value is -1.60. The van der Waals surface area contributed by atoms with Gasteiger partial charge in [0.15, 0.2) is 0 Å². The molecular formula is C18H22O. The van der Waals surface area contributed by atoms with E-state index in [0.717, 1.165) is 13.0 Å². The van der Waals surface area contributed by atoms with Crippen molar-refractivity contribution in [1.29, 1.82) is 0 Å². The van der Waals surface area contributed by atoms with Gasteiger partial charge in [0.05, 0.1) is 6.61 Å². The number of benzene rings is 2. The molecule has 0 radical (unpaired) electrons. The molecule has 0 atom stereocenters. The zero-order valence-electron chi connectivity index (χ0n) is 11.6. The van der Waals surface area contributed by atoms with Crippen LogP contribution in [0.1, 0.15) is 31.7 Å². The van der Waals surface area contributed by atoms with E-state index in [9.17, 15) is 0 Å². The zero-order valence-corrected chi connectivity index (χ0v) is 11.6. The second kappa shape index (κ2) is 7.75. The van der Waals surface area contributed by atoms with E-state index in [0.29, 0.717) is 6.61 Å². The molecule has 0 aliphatic carbocycles. The molecular weight excluding hydrogens is 232 g/mol. The van der Waals surface area contributed by atoms with Crippen LogP contribution in [-0.4, -0.2) is 6.61 Å². The first-order valence-electron chi connectivity index (χ1n) is 7.13. The second-order valence-corrected chi connectivity index (χ2v) is 4.78. The SMILES string of the molecule is CCCCCOCc1ccccc1-c1ccccc1. The van der Waals surface area contributed by atoms with Crippen LogP contribution in [0, 0.1) is 0 Å². The molecule has 2 rings (SSSR count). The fourth-order valence-electron chi connectivity index (χ4n) is 2.18. The summed E-state index contributed by atoms with van der Waals surface area (Å²) in [6.45, 7) is 3.77. The monoisotopic (exact) mass is 254 g/mol. The van der Waals surface area contributed by atoms with Gasteiger partial charge in [0.2, 0.25) is 0 Å². The van der Waals surface area contributed by atoms with Gasteiger partial charge in [0.1, 0.15) is 0 Å². The first-order valence-corrected chi connectivity index (χ1v) is 7.13. The summed E-state index contributed by atoms with van der Waals surface area (Å²) in [7, 11) is 0. The molecule has 0 bridgehead atoms. The maximum atomic E-state index is 5.78. The Balaban J connectivity index is 2.01. The van der Waals surface area contributed by atoms with Crippen molar-refractivity contribution in [2.45, 2.75) is 32.8 Å². The van der Waals surface area contributed by atoms with Crippen LogP contribution in [0.5, 0.6) is 0 Å². The van der Waals surface area contributed by atoms with Crippen molar-refractivity contribution in [2.24, 2.45) is 0 Å². The van der Waals surface area contributed by atoms with Crippen LogP contribution in [0.2, 0.25) is 0 Å². The summed E-state index contributed by atoms with van der Waals surface area (Å²) < 4.78 is 5.78. The molecule has 2 aromatic rings. The average molecular weight is 254 g/mol. The van der Waals surface area contributed by atoms with Gasteiger partial charge in [-0.05, 0) is 23.1 Å². The lowest BCUT2D eigenvalue weighted by atomic mass is 10.0. The van der Waals surface area contributed by atoms with E-state index in [-0.39, 0.29) is 0 Å². The summed E-state index contributed by atoms with van der Waals surface area (Å²) in [5.41, 5.74) is 3.80. The number of ether oxygens (including phenoxy) is 1. The normalized spacial score (nSPS) is 10.6. The van der Waals surface area contributed by atoms with Crippen LogP contribution in [0.4, 0.5) is 0 Å². The largest absolute Gasteiger partial charge is 0.377 e. The van der Waals surface area contributed by atoms with Crippen molar-refractivity contribution < 1.29 is 4.74 Å². The fraction of sp³-hybridized carbons (Fsp3) is 0.333. The molecule has 19 heavy (non-hydrogen) atoms. The maximum absolute atomic E-state index is 5.78. The maximum Gasteiger partial charge on any atom is 0.0722 e. The van der Waals surface area contributed by atoms with Crippen LogP contribution < -0.4 is 0 Å². The molecule has 0 N–H and O–H groups in total. The third-order valence-corrected chi connectivity index (χ3v) is 3.25. The van der Waals surface area contributed by atoms with Crippen LogP contribution in [0.25, 0.3) is 11.1 Å². The van der Waals surface area contributed by atoms with Crippen molar-refractivity contribution in [3.63, 3.8) is 0 Å². The summed E-state index contributed by atoms with van der Waals surface area (Å²) in [6.07, 6.45) is 3.65. The molecule has 0 amide bonds. The van der Waals surface area contributed by atoms with Crippen molar-refractivity contribution in [3.8, 4) is 11.1 Å². The molecule has 0 saturated heterocycles. The highest BCUT2D eigenvalue weighted by atomic mass is 16.5. The zero-order chi connectivity index (χ0) is 13.3. The van der Waals surface area contributed by atoms with E-state index >= 15 is 0 Å². The Morgan fingerprint density at radius 1 is 0.842 bits per heavy atom. The van der Waals surface area contributed by atoms with Gasteiger partial charge in [-0.2, -0.15) is 0 Å². The molecule has 0 aromatic heterocycles. The lowest BCUT2D eigenvalue weighted by Gasteiger charge is -2.10. The van der Waals surface area contributed by atoms with Crippen LogP contribution in [-0.2, 0) is 11.3 Å². The summed E-state index contributed by atoms with van der Waals surface area (Å²) >= 11 is 0. The standard InChI is InChI=1S/C18H22O/c1-2-3-9-14-19-15-17-12-7-8-13-18(17)16-10-5-4-6-11-16/h4-8,10-13H,2-3,9,14-15H2,1H3. The highest BCUT2D eigenvalue weighted by Crippen LogP contribution is 2.23. The molecule has 2 aromatic carbocycles. The van der Waals surface area contributed by atoms with Gasteiger partial charge in [-0.1, -0.05) is 74.4 Å². The number of rotatable bonds is 7. The van der Waals surface area contributed by atoms with Crippen LogP contribution in [0.15, 0.2) is 54.6 Å². The lowest BCUT2D eigenvalue weighted by molar-refractivity contribution is 0.117. The molecule has 1 nitrogen and oxygen atoms in total. The van der Waals surface area contributed by atoms with Gasteiger partial charge in [-0.3, -0.25) is 0 Å². The van der Waals surface area contributed by atoms with Gasteiger partial charge in [-0.25, -0.2) is 0 Å². The molecule has 0 fully saturated rings. The topological polar surface area (TPSA) is 9.23 Å². The van der Waals surface area contributed by atoms with Gasteiger partial charge in [0.25, 0.3) is 0 Å². The summed E-state index contributed by atoms with van der Waals surface area (Å²) in [4.78, 5) is 0. The molecule has 0 aliphatic heterocycles. The Kier molecular flexibility index (Phi) is 5.64. The number of hydrogen-bond donors (Lipinski definition) is 0. The van der Waals surface area contributed by atoms with Gasteiger partial charge in [-0.15, -0.1) is 0 Å². The summed E-state index contributed by atoms with van der Waals surface area (Å²) in [6, 6.07) is 19.0. The van der Waals surface area contributed by atoms with Crippen molar-refractivity contribution in [1.82, 2.24) is 0 Å². The molecule has 100 valence electrons. The molecule has 0 aliphatic rings. The molecule has 0 heterocycles. The Bertz CT molecular complexity index is 476. The predicted octanol–water partition coefficient (Wildman–Crippen LogP) is 5.06. The third kappa shape index (κ3) is 4.22. The minimum absolute atomic E-state index is 0.703. The van der Waals surface area contributed by atoms with Gasteiger partial charge in [0, 0.05) is 6.61 Å². The van der Waals surface area contributed by atoms with E-state index in [4.69, 9.17) is 4.74 Å². The van der Waals surface area contributed by atoms with Crippen LogP contribution in [0.3, 0.4) is 0 Å². The number of hydrogen-bond acceptors (Lipinski definition) is 1. The average Bonchev–Trinajstić information content (AvgIpc) is 2.48. The van der Waals surface area contributed by atoms with Crippen molar-refractivity contribution in [3.05, 3.63) is 60.2 Å². The van der Waals surface area contributed by atoms with E-state index in [1.165, 1.54) is 29.5 Å². The Morgan fingerprint density at radius 3 is 2.37 bits per heavy atom. The van der Waals surface area contributed by atoms with E-state index < -0.39 is 0 Å². The third-order valence-electron chi connectivity index (χ3n) is 3.25. The lowest BCUT2D eigenvalue weighted by Crippen LogP contribution is -1.97. The van der Waals surface area contributed by atoms with Crippen LogP contribution >= 0.6 is 0 Å². The fourth-order valence-corrected chi connectivity index (χ4v) is 2.18. The van der Waals surface area contributed by atoms with E-state index in [1.807, 2.05) is 6.07 Å². The summed E-state index contributed by atoms with van der Waals surface area (Å²) in [5.74, 6) is 0. The highest BCUT2D eigenvalue weighted by molar-refractivity contribution is 5.66. The second-order valence-electron chi connectivity index (χ2n) is 4.78. The van der Waals surface area contributed by atoms with Crippen molar-refractivity contribution in [2.75, 3.05) is 6.61 Å². The first-order chi connectivity index (χ1) is 9.42. The van der Waals surface area contributed by atoms with Gasteiger partial charge < -0.3 is 4.74 Å². The molecule has 0 spiro atoms. The Labute approximate surface area is 116 Å². The first kappa shape index (κ1) is 13.8. The Morgan fingerprint density at radius 2 is 1.58 bits per heavy atom. The van der Waals surface area contributed by atoms with E-state index in [2.05, 4.69) is 55.5 Å². The quantitative estimate of drug-likeness (QED) is 0.627. The summed E-state index contributed by atoms with van der Waals surface area (Å²) in [5, 5.41) is 0. The molecule has 1 heteroatoms. The minimum Gasteiger partial charge on any atom is -0.377 e. The smallest absolute Gasteiger partial charge is 0.0722 e. The highest BCUT2D eigenvalue weighted by Gasteiger charge is 2.03.